The van der Waals surface area contributed by atoms with E-state index in [0.29, 0.717) is 0 Å². The van der Waals surface area contributed by atoms with Crippen molar-refractivity contribution in [3.63, 3.8) is 0 Å². The van der Waals surface area contributed by atoms with Gasteiger partial charge in [-0.05, 0) is 44.2 Å². The number of aliphatic hydroxyl groups excluding tert-OH is 1. The normalized spacial score (nSPS) is 14.4. The minimum absolute atomic E-state index is 0.205. The first-order chi connectivity index (χ1) is 8.04. The van der Waals surface area contributed by atoms with E-state index in [2.05, 4.69) is 28.2 Å². The summed E-state index contributed by atoms with van der Waals surface area (Å²) in [4.78, 5) is 0. The Kier molecular flexibility index (Phi) is 5.95. The van der Waals surface area contributed by atoms with E-state index in [1.54, 1.807) is 6.92 Å². The van der Waals surface area contributed by atoms with Crippen molar-refractivity contribution in [2.45, 2.75) is 39.5 Å². The van der Waals surface area contributed by atoms with Crippen LogP contribution in [0.25, 0.3) is 0 Å². The van der Waals surface area contributed by atoms with Crippen LogP contribution in [0.2, 0.25) is 0 Å². The van der Waals surface area contributed by atoms with Crippen molar-refractivity contribution >= 4 is 15.9 Å². The summed E-state index contributed by atoms with van der Waals surface area (Å²) in [5, 5.41) is 12.7. The van der Waals surface area contributed by atoms with Gasteiger partial charge in [-0.1, -0.05) is 22.9 Å². The third kappa shape index (κ3) is 4.66. The molecule has 0 aliphatic heterocycles. The maximum atomic E-state index is 9.40. The average Bonchev–Trinajstić information content (AvgIpc) is 2.29. The molecule has 17 heavy (non-hydrogen) atoms. The smallest absolute Gasteiger partial charge is 0.121 e. The second kappa shape index (κ2) is 6.99. The number of aliphatic hydroxyl groups is 1. The maximum absolute atomic E-state index is 9.40. The summed E-state index contributed by atoms with van der Waals surface area (Å²) < 4.78 is 6.72. The lowest BCUT2D eigenvalue weighted by Gasteiger charge is -2.18. The zero-order valence-corrected chi connectivity index (χ0v) is 12.1. The molecule has 0 amide bonds. The van der Waals surface area contributed by atoms with Crippen LogP contribution in [0.5, 0.6) is 5.75 Å². The second-order valence-corrected chi connectivity index (χ2v) is 4.95. The van der Waals surface area contributed by atoms with Crippen LogP contribution in [-0.4, -0.2) is 23.9 Å². The van der Waals surface area contributed by atoms with Crippen molar-refractivity contribution in [1.29, 1.82) is 0 Å². The molecule has 4 heteroatoms. The predicted octanol–water partition coefficient (Wildman–Crippen LogP) is 2.71. The highest BCUT2D eigenvalue weighted by Crippen LogP contribution is 2.23. The number of nitrogens with one attached hydrogen (secondary N) is 1. The molecule has 1 aromatic rings. The highest BCUT2D eigenvalue weighted by atomic mass is 79.9. The van der Waals surface area contributed by atoms with Gasteiger partial charge >= 0.3 is 0 Å². The SMILES string of the molecule is CCNCc1cc(OC(C)C(C)O)ccc1Br. The van der Waals surface area contributed by atoms with E-state index in [9.17, 15) is 5.11 Å². The summed E-state index contributed by atoms with van der Waals surface area (Å²) in [5.41, 5.74) is 1.15. The number of ether oxygens (including phenoxy) is 1. The van der Waals surface area contributed by atoms with E-state index in [1.165, 1.54) is 0 Å². The third-order valence-electron chi connectivity index (χ3n) is 2.58. The highest BCUT2D eigenvalue weighted by molar-refractivity contribution is 9.10. The Balaban J connectivity index is 2.74. The summed E-state index contributed by atoms with van der Waals surface area (Å²) in [7, 11) is 0. The molecule has 0 aliphatic rings. The van der Waals surface area contributed by atoms with Crippen molar-refractivity contribution in [3.8, 4) is 5.75 Å². The zero-order chi connectivity index (χ0) is 12.8. The van der Waals surface area contributed by atoms with E-state index in [1.807, 2.05) is 25.1 Å². The summed E-state index contributed by atoms with van der Waals surface area (Å²) >= 11 is 3.51. The summed E-state index contributed by atoms with van der Waals surface area (Å²) in [6.07, 6.45) is -0.681. The van der Waals surface area contributed by atoms with Gasteiger partial charge in [0, 0.05) is 11.0 Å². The number of halogens is 1. The van der Waals surface area contributed by atoms with E-state index >= 15 is 0 Å². The Labute approximate surface area is 111 Å². The van der Waals surface area contributed by atoms with Crippen LogP contribution in [0.4, 0.5) is 0 Å². The molecular weight excluding hydrogens is 282 g/mol. The molecule has 0 spiro atoms. The molecule has 2 N–H and O–H groups in total. The Morgan fingerprint density at radius 3 is 2.71 bits per heavy atom. The minimum Gasteiger partial charge on any atom is -0.488 e. The van der Waals surface area contributed by atoms with Crippen molar-refractivity contribution < 1.29 is 9.84 Å². The largest absolute Gasteiger partial charge is 0.488 e. The van der Waals surface area contributed by atoms with Crippen LogP contribution in [0.3, 0.4) is 0 Å². The summed E-state index contributed by atoms with van der Waals surface area (Å²) in [6, 6.07) is 5.86. The standard InChI is InChI=1S/C13H20BrNO2/c1-4-15-8-11-7-12(5-6-13(11)14)17-10(3)9(2)16/h5-7,9-10,15-16H,4,8H2,1-3H3. The van der Waals surface area contributed by atoms with E-state index in [0.717, 1.165) is 28.9 Å². The van der Waals surface area contributed by atoms with Crippen LogP contribution >= 0.6 is 15.9 Å². The van der Waals surface area contributed by atoms with Gasteiger partial charge in [-0.3, -0.25) is 0 Å². The van der Waals surface area contributed by atoms with Gasteiger partial charge < -0.3 is 15.2 Å². The maximum Gasteiger partial charge on any atom is 0.121 e. The fraction of sp³-hybridized carbons (Fsp3) is 0.538. The fourth-order valence-electron chi connectivity index (χ4n) is 1.33. The molecule has 96 valence electrons. The van der Waals surface area contributed by atoms with Crippen LogP contribution in [0.15, 0.2) is 22.7 Å². The molecule has 0 fully saturated rings. The molecular formula is C13H20BrNO2. The highest BCUT2D eigenvalue weighted by Gasteiger charge is 2.11. The molecule has 0 saturated heterocycles. The van der Waals surface area contributed by atoms with Crippen LogP contribution in [0, 0.1) is 0 Å². The molecule has 0 saturated carbocycles. The summed E-state index contributed by atoms with van der Waals surface area (Å²) in [6.45, 7) is 7.39. The first kappa shape index (κ1) is 14.5. The fourth-order valence-corrected chi connectivity index (χ4v) is 1.72. The van der Waals surface area contributed by atoms with Crippen molar-refractivity contribution in [2.24, 2.45) is 0 Å². The quantitative estimate of drug-likeness (QED) is 0.849. The van der Waals surface area contributed by atoms with Gasteiger partial charge in [0.1, 0.15) is 11.9 Å². The lowest BCUT2D eigenvalue weighted by atomic mass is 10.2. The average molecular weight is 302 g/mol. The van der Waals surface area contributed by atoms with E-state index in [-0.39, 0.29) is 6.10 Å². The monoisotopic (exact) mass is 301 g/mol. The van der Waals surface area contributed by atoms with Crippen LogP contribution in [-0.2, 0) is 6.54 Å². The first-order valence-corrected chi connectivity index (χ1v) is 6.67. The van der Waals surface area contributed by atoms with Gasteiger partial charge in [-0.2, -0.15) is 0 Å². The van der Waals surface area contributed by atoms with Crippen molar-refractivity contribution in [2.75, 3.05) is 6.54 Å². The van der Waals surface area contributed by atoms with Crippen molar-refractivity contribution in [3.05, 3.63) is 28.2 Å². The molecule has 0 aliphatic carbocycles. The Morgan fingerprint density at radius 2 is 2.12 bits per heavy atom. The predicted molar refractivity (Wildman–Crippen MR) is 73.3 cm³/mol. The molecule has 0 bridgehead atoms. The lowest BCUT2D eigenvalue weighted by Crippen LogP contribution is -2.25. The van der Waals surface area contributed by atoms with E-state index in [4.69, 9.17) is 4.74 Å². The van der Waals surface area contributed by atoms with Gasteiger partial charge in [0.05, 0.1) is 6.10 Å². The van der Waals surface area contributed by atoms with Gasteiger partial charge in [0.25, 0.3) is 0 Å². The molecule has 1 rings (SSSR count). The first-order valence-electron chi connectivity index (χ1n) is 5.88. The van der Waals surface area contributed by atoms with Crippen molar-refractivity contribution in [1.82, 2.24) is 5.32 Å². The molecule has 0 radical (unpaired) electrons. The number of hydrogen-bond acceptors (Lipinski definition) is 3. The Bertz CT molecular complexity index is 355. The Hall–Kier alpha value is -0.580. The van der Waals surface area contributed by atoms with Crippen LogP contribution in [0.1, 0.15) is 26.3 Å². The van der Waals surface area contributed by atoms with Gasteiger partial charge in [-0.15, -0.1) is 0 Å². The van der Waals surface area contributed by atoms with Gasteiger partial charge in [0.15, 0.2) is 0 Å². The minimum atomic E-state index is -0.476. The molecule has 2 atom stereocenters. The molecule has 3 nitrogen and oxygen atoms in total. The number of benzene rings is 1. The Morgan fingerprint density at radius 1 is 1.41 bits per heavy atom. The van der Waals surface area contributed by atoms with Gasteiger partial charge in [0.2, 0.25) is 0 Å². The second-order valence-electron chi connectivity index (χ2n) is 4.10. The zero-order valence-electron chi connectivity index (χ0n) is 10.5. The van der Waals surface area contributed by atoms with Gasteiger partial charge in [-0.25, -0.2) is 0 Å². The van der Waals surface area contributed by atoms with E-state index < -0.39 is 6.10 Å². The molecule has 0 aromatic heterocycles. The lowest BCUT2D eigenvalue weighted by molar-refractivity contribution is 0.0604. The number of hydrogen-bond donors (Lipinski definition) is 2. The topological polar surface area (TPSA) is 41.5 Å². The number of rotatable bonds is 6. The molecule has 0 heterocycles. The van der Waals surface area contributed by atoms with Crippen LogP contribution < -0.4 is 10.1 Å². The molecule has 2 unspecified atom stereocenters. The third-order valence-corrected chi connectivity index (χ3v) is 3.36. The molecule has 1 aromatic carbocycles. The summed E-state index contributed by atoms with van der Waals surface area (Å²) in [5.74, 6) is 0.787.